The molecule has 0 amide bonds. The van der Waals surface area contributed by atoms with Gasteiger partial charge in [0.05, 0.1) is 6.17 Å². The fraction of sp³-hybridized carbons (Fsp3) is 1.00. The molecule has 0 aliphatic heterocycles. The maximum atomic E-state index is 3.75. The van der Waals surface area contributed by atoms with Crippen LogP contribution >= 0.6 is 0 Å². The fourth-order valence-electron chi connectivity index (χ4n) is 2.33. The van der Waals surface area contributed by atoms with Crippen LogP contribution in [0.1, 0.15) is 65.2 Å². The van der Waals surface area contributed by atoms with Crippen LogP contribution in [0.15, 0.2) is 0 Å². The van der Waals surface area contributed by atoms with Gasteiger partial charge in [0.1, 0.15) is 0 Å². The van der Waals surface area contributed by atoms with Crippen molar-refractivity contribution in [1.82, 2.24) is 10.6 Å². The topological polar surface area (TPSA) is 24.1 Å². The Labute approximate surface area is 95.2 Å². The molecule has 0 aromatic heterocycles. The Bertz CT molecular complexity index is 141. The highest BCUT2D eigenvalue weighted by Gasteiger charge is 2.15. The van der Waals surface area contributed by atoms with E-state index in [0.29, 0.717) is 6.17 Å². The van der Waals surface area contributed by atoms with Crippen molar-refractivity contribution in [3.8, 4) is 0 Å². The molecule has 2 nitrogen and oxygen atoms in total. The lowest BCUT2D eigenvalue weighted by molar-refractivity contribution is 0.302. The summed E-state index contributed by atoms with van der Waals surface area (Å²) in [5, 5.41) is 7.36. The van der Waals surface area contributed by atoms with Crippen LogP contribution in [0.4, 0.5) is 0 Å². The maximum absolute atomic E-state index is 3.75. The zero-order valence-electron chi connectivity index (χ0n) is 10.5. The van der Waals surface area contributed by atoms with E-state index in [2.05, 4.69) is 24.5 Å². The Balaban J connectivity index is 2.13. The fourth-order valence-corrected chi connectivity index (χ4v) is 2.33. The molecule has 0 saturated heterocycles. The molecule has 1 fully saturated rings. The van der Waals surface area contributed by atoms with Gasteiger partial charge in [0.15, 0.2) is 0 Å². The SMILES string of the molecule is CCCCNC(CC)NC1CCCCC1. The second-order valence-electron chi connectivity index (χ2n) is 4.77. The first-order valence-electron chi connectivity index (χ1n) is 6.86. The molecule has 0 bridgehead atoms. The van der Waals surface area contributed by atoms with Gasteiger partial charge in [0, 0.05) is 6.04 Å². The molecule has 1 atom stereocenters. The molecule has 15 heavy (non-hydrogen) atoms. The first-order valence-corrected chi connectivity index (χ1v) is 6.86. The Morgan fingerprint density at radius 2 is 1.87 bits per heavy atom. The van der Waals surface area contributed by atoms with Crippen molar-refractivity contribution >= 4 is 0 Å². The van der Waals surface area contributed by atoms with Crippen LogP contribution in [-0.2, 0) is 0 Å². The minimum Gasteiger partial charge on any atom is -0.302 e. The molecule has 1 saturated carbocycles. The van der Waals surface area contributed by atoms with Gasteiger partial charge in [-0.1, -0.05) is 39.5 Å². The number of unbranched alkanes of at least 4 members (excludes halogenated alkanes) is 1. The molecule has 0 aromatic rings. The standard InChI is InChI=1S/C13H28N2/c1-3-5-11-14-13(4-2)15-12-9-7-6-8-10-12/h12-15H,3-11H2,1-2H3. The summed E-state index contributed by atoms with van der Waals surface area (Å²) in [7, 11) is 0. The van der Waals surface area contributed by atoms with Gasteiger partial charge < -0.3 is 5.32 Å². The van der Waals surface area contributed by atoms with Gasteiger partial charge in [-0.15, -0.1) is 0 Å². The molecule has 1 rings (SSSR count). The average molecular weight is 212 g/mol. The minimum absolute atomic E-state index is 0.541. The van der Waals surface area contributed by atoms with Gasteiger partial charge in [-0.05, 0) is 32.2 Å². The van der Waals surface area contributed by atoms with E-state index in [1.54, 1.807) is 0 Å². The summed E-state index contributed by atoms with van der Waals surface area (Å²) in [6.07, 6.45) is 11.4. The Morgan fingerprint density at radius 3 is 2.47 bits per heavy atom. The Kier molecular flexibility index (Phi) is 7.03. The van der Waals surface area contributed by atoms with Crippen LogP contribution in [-0.4, -0.2) is 18.8 Å². The molecule has 2 N–H and O–H groups in total. The normalized spacial score (nSPS) is 20.4. The van der Waals surface area contributed by atoms with E-state index in [0.717, 1.165) is 12.6 Å². The van der Waals surface area contributed by atoms with Crippen molar-refractivity contribution in [3.63, 3.8) is 0 Å². The van der Waals surface area contributed by atoms with Crippen LogP contribution in [0.3, 0.4) is 0 Å². The van der Waals surface area contributed by atoms with Crippen LogP contribution in [0.5, 0.6) is 0 Å². The summed E-state index contributed by atoms with van der Waals surface area (Å²) >= 11 is 0. The van der Waals surface area contributed by atoms with Gasteiger partial charge in [-0.25, -0.2) is 0 Å². The smallest absolute Gasteiger partial charge is 0.0571 e. The molecule has 1 aliphatic rings. The van der Waals surface area contributed by atoms with E-state index in [1.165, 1.54) is 51.4 Å². The van der Waals surface area contributed by atoms with E-state index >= 15 is 0 Å². The molecule has 0 radical (unpaired) electrons. The quantitative estimate of drug-likeness (QED) is 0.501. The molecule has 0 spiro atoms. The van der Waals surface area contributed by atoms with E-state index in [4.69, 9.17) is 0 Å². The summed E-state index contributed by atoms with van der Waals surface area (Å²) in [6, 6.07) is 0.776. The third kappa shape index (κ3) is 5.53. The highest BCUT2D eigenvalue weighted by Crippen LogP contribution is 2.17. The Hall–Kier alpha value is -0.0800. The number of hydrogen-bond acceptors (Lipinski definition) is 2. The molecule has 2 heteroatoms. The van der Waals surface area contributed by atoms with Gasteiger partial charge in [-0.2, -0.15) is 0 Å². The third-order valence-electron chi connectivity index (χ3n) is 3.37. The molecule has 0 heterocycles. The van der Waals surface area contributed by atoms with Crippen molar-refractivity contribution in [3.05, 3.63) is 0 Å². The van der Waals surface area contributed by atoms with Crippen molar-refractivity contribution in [1.29, 1.82) is 0 Å². The highest BCUT2D eigenvalue weighted by molar-refractivity contribution is 4.75. The second kappa shape index (κ2) is 8.12. The molecule has 90 valence electrons. The lowest BCUT2D eigenvalue weighted by Crippen LogP contribution is -2.47. The monoisotopic (exact) mass is 212 g/mol. The van der Waals surface area contributed by atoms with Crippen LogP contribution < -0.4 is 10.6 Å². The van der Waals surface area contributed by atoms with Gasteiger partial charge in [-0.3, -0.25) is 5.32 Å². The first kappa shape index (κ1) is 13.0. The summed E-state index contributed by atoms with van der Waals surface area (Å²) in [5.41, 5.74) is 0. The first-order chi connectivity index (χ1) is 7.36. The van der Waals surface area contributed by atoms with Crippen LogP contribution in [0.25, 0.3) is 0 Å². The van der Waals surface area contributed by atoms with Crippen molar-refractivity contribution < 1.29 is 0 Å². The highest BCUT2D eigenvalue weighted by atomic mass is 15.1. The van der Waals surface area contributed by atoms with Gasteiger partial charge >= 0.3 is 0 Å². The van der Waals surface area contributed by atoms with Crippen molar-refractivity contribution in [2.24, 2.45) is 0 Å². The molecular formula is C13H28N2. The van der Waals surface area contributed by atoms with E-state index in [9.17, 15) is 0 Å². The van der Waals surface area contributed by atoms with E-state index in [-0.39, 0.29) is 0 Å². The largest absolute Gasteiger partial charge is 0.302 e. The van der Waals surface area contributed by atoms with Crippen molar-refractivity contribution in [2.75, 3.05) is 6.54 Å². The number of nitrogens with one attached hydrogen (secondary N) is 2. The minimum atomic E-state index is 0.541. The van der Waals surface area contributed by atoms with Gasteiger partial charge in [0.2, 0.25) is 0 Å². The number of hydrogen-bond donors (Lipinski definition) is 2. The number of rotatable bonds is 7. The van der Waals surface area contributed by atoms with E-state index in [1.807, 2.05) is 0 Å². The second-order valence-corrected chi connectivity index (χ2v) is 4.77. The predicted molar refractivity (Wildman–Crippen MR) is 67.0 cm³/mol. The summed E-state index contributed by atoms with van der Waals surface area (Å²) in [4.78, 5) is 0. The maximum Gasteiger partial charge on any atom is 0.0571 e. The summed E-state index contributed by atoms with van der Waals surface area (Å²) in [5.74, 6) is 0. The third-order valence-corrected chi connectivity index (χ3v) is 3.37. The predicted octanol–water partition coefficient (Wildman–Crippen LogP) is 3.03. The lowest BCUT2D eigenvalue weighted by Gasteiger charge is -2.28. The molecule has 1 aliphatic carbocycles. The lowest BCUT2D eigenvalue weighted by atomic mass is 9.95. The summed E-state index contributed by atoms with van der Waals surface area (Å²) < 4.78 is 0. The van der Waals surface area contributed by atoms with Crippen LogP contribution in [0, 0.1) is 0 Å². The van der Waals surface area contributed by atoms with Crippen molar-refractivity contribution in [2.45, 2.75) is 77.4 Å². The van der Waals surface area contributed by atoms with E-state index < -0.39 is 0 Å². The zero-order valence-corrected chi connectivity index (χ0v) is 10.5. The van der Waals surface area contributed by atoms with Gasteiger partial charge in [0.25, 0.3) is 0 Å². The Morgan fingerprint density at radius 1 is 1.13 bits per heavy atom. The molecule has 0 aromatic carbocycles. The molecular weight excluding hydrogens is 184 g/mol. The summed E-state index contributed by atoms with van der Waals surface area (Å²) in [6.45, 7) is 5.67. The zero-order chi connectivity index (χ0) is 10.9. The molecule has 1 unspecified atom stereocenters. The van der Waals surface area contributed by atoms with Crippen LogP contribution in [0.2, 0.25) is 0 Å². The average Bonchev–Trinajstić information content (AvgIpc) is 2.29.